The van der Waals surface area contributed by atoms with E-state index in [0.717, 1.165) is 51.1 Å². The Bertz CT molecular complexity index is 652. The van der Waals surface area contributed by atoms with E-state index in [2.05, 4.69) is 21.9 Å². The molecule has 0 amide bonds. The van der Waals surface area contributed by atoms with Gasteiger partial charge >= 0.3 is 0 Å². The van der Waals surface area contributed by atoms with Crippen molar-refractivity contribution >= 4 is 21.4 Å². The number of nitrogens with zero attached hydrogens (tertiary/aromatic N) is 1. The molecule has 1 atom stereocenters. The van der Waals surface area contributed by atoms with E-state index >= 15 is 0 Å². The van der Waals surface area contributed by atoms with Gasteiger partial charge in [-0.25, -0.2) is 8.42 Å². The lowest BCUT2D eigenvalue weighted by Gasteiger charge is -2.34. The number of fused-ring (bicyclic) bond motifs is 1. The van der Waals surface area contributed by atoms with Gasteiger partial charge in [-0.05, 0) is 69.4 Å². The fourth-order valence-corrected chi connectivity index (χ4v) is 5.02. The highest BCUT2D eigenvalue weighted by atomic mass is 32.2. The fraction of sp³-hybridized carbons (Fsp3) is 0.647. The molecule has 1 aromatic carbocycles. The van der Waals surface area contributed by atoms with Gasteiger partial charge in [0.2, 0.25) is 10.0 Å². The number of piperidine rings is 1. The number of nitrogens with one attached hydrogen (secondary N) is 2. The average Bonchev–Trinajstić information content (AvgIpc) is 3.01. The van der Waals surface area contributed by atoms with Gasteiger partial charge in [-0.15, -0.1) is 0 Å². The number of sulfonamides is 1. The van der Waals surface area contributed by atoms with Crippen molar-refractivity contribution in [3.63, 3.8) is 0 Å². The van der Waals surface area contributed by atoms with E-state index in [1.54, 1.807) is 0 Å². The SMILES string of the molecule is CCN1CCC(C(C)S(=O)(=O)Nc2ccc3c(c2)NCC3)CC1. The van der Waals surface area contributed by atoms with Crippen LogP contribution in [0.3, 0.4) is 0 Å². The Labute approximate surface area is 139 Å². The van der Waals surface area contributed by atoms with E-state index in [1.165, 1.54) is 5.56 Å². The molecule has 3 rings (SSSR count). The molecule has 1 unspecified atom stereocenters. The Morgan fingerprint density at radius 2 is 2.09 bits per heavy atom. The third kappa shape index (κ3) is 3.63. The van der Waals surface area contributed by atoms with Crippen molar-refractivity contribution in [2.24, 2.45) is 5.92 Å². The topological polar surface area (TPSA) is 61.4 Å². The summed E-state index contributed by atoms with van der Waals surface area (Å²) in [6, 6.07) is 5.79. The van der Waals surface area contributed by atoms with Crippen LogP contribution in [0.2, 0.25) is 0 Å². The van der Waals surface area contributed by atoms with Crippen LogP contribution in [0.25, 0.3) is 0 Å². The molecule has 0 saturated carbocycles. The van der Waals surface area contributed by atoms with E-state index in [1.807, 2.05) is 25.1 Å². The third-order valence-corrected chi connectivity index (χ3v) is 7.20. The van der Waals surface area contributed by atoms with E-state index in [4.69, 9.17) is 0 Å². The highest BCUT2D eigenvalue weighted by molar-refractivity contribution is 7.93. The van der Waals surface area contributed by atoms with E-state index < -0.39 is 10.0 Å². The first kappa shape index (κ1) is 16.6. The lowest BCUT2D eigenvalue weighted by atomic mass is 9.94. The van der Waals surface area contributed by atoms with Crippen molar-refractivity contribution in [1.82, 2.24) is 4.90 Å². The Morgan fingerprint density at radius 1 is 1.35 bits per heavy atom. The predicted molar refractivity (Wildman–Crippen MR) is 95.5 cm³/mol. The first-order valence-electron chi connectivity index (χ1n) is 8.60. The van der Waals surface area contributed by atoms with E-state index in [-0.39, 0.29) is 11.2 Å². The summed E-state index contributed by atoms with van der Waals surface area (Å²) >= 11 is 0. The zero-order valence-electron chi connectivity index (χ0n) is 14.0. The van der Waals surface area contributed by atoms with Crippen LogP contribution in [0.4, 0.5) is 11.4 Å². The molecular weight excluding hydrogens is 310 g/mol. The molecule has 1 fully saturated rings. The van der Waals surface area contributed by atoms with E-state index in [9.17, 15) is 8.42 Å². The molecule has 128 valence electrons. The maximum absolute atomic E-state index is 12.7. The third-order valence-electron chi connectivity index (χ3n) is 5.31. The number of likely N-dealkylation sites (tertiary alicyclic amines) is 1. The van der Waals surface area contributed by atoms with Crippen molar-refractivity contribution in [2.75, 3.05) is 36.2 Å². The van der Waals surface area contributed by atoms with Crippen LogP contribution in [0, 0.1) is 5.92 Å². The molecule has 5 nitrogen and oxygen atoms in total. The van der Waals surface area contributed by atoms with Crippen molar-refractivity contribution < 1.29 is 8.42 Å². The summed E-state index contributed by atoms with van der Waals surface area (Å²) in [6.07, 6.45) is 2.93. The lowest BCUT2D eigenvalue weighted by Crippen LogP contribution is -2.40. The fourth-order valence-electron chi connectivity index (χ4n) is 3.60. The molecule has 0 bridgehead atoms. The molecule has 2 heterocycles. The highest BCUT2D eigenvalue weighted by Gasteiger charge is 2.32. The molecule has 1 aromatic rings. The maximum atomic E-state index is 12.7. The van der Waals surface area contributed by atoms with Crippen LogP contribution < -0.4 is 10.0 Å². The monoisotopic (exact) mass is 337 g/mol. The predicted octanol–water partition coefficient (Wildman–Crippen LogP) is 2.52. The van der Waals surface area contributed by atoms with Gasteiger partial charge in [0.05, 0.1) is 10.9 Å². The van der Waals surface area contributed by atoms with Gasteiger partial charge in [-0.3, -0.25) is 4.72 Å². The van der Waals surface area contributed by atoms with Gasteiger partial charge in [0.25, 0.3) is 0 Å². The smallest absolute Gasteiger partial charge is 0.235 e. The van der Waals surface area contributed by atoms with Gasteiger partial charge in [0, 0.05) is 12.2 Å². The molecular formula is C17H27N3O2S. The number of anilines is 2. The molecule has 0 radical (unpaired) electrons. The van der Waals surface area contributed by atoms with Gasteiger partial charge in [0.15, 0.2) is 0 Å². The van der Waals surface area contributed by atoms with Crippen LogP contribution in [-0.2, 0) is 16.4 Å². The van der Waals surface area contributed by atoms with Crippen LogP contribution >= 0.6 is 0 Å². The Morgan fingerprint density at radius 3 is 2.78 bits per heavy atom. The van der Waals surface area contributed by atoms with Gasteiger partial charge in [0.1, 0.15) is 0 Å². The first-order chi connectivity index (χ1) is 11.0. The number of benzene rings is 1. The summed E-state index contributed by atoms with van der Waals surface area (Å²) < 4.78 is 28.2. The second kappa shape index (κ2) is 6.69. The Kier molecular flexibility index (Phi) is 4.82. The molecule has 2 N–H and O–H groups in total. The largest absolute Gasteiger partial charge is 0.384 e. The number of rotatable bonds is 5. The molecule has 2 aliphatic rings. The standard InChI is InChI=1S/C17H27N3O2S/c1-3-20-10-7-14(8-11-20)13(2)23(21,22)19-16-5-4-15-6-9-18-17(15)12-16/h4-5,12-14,18-19H,3,6-11H2,1-2H3. The summed E-state index contributed by atoms with van der Waals surface area (Å²) in [4.78, 5) is 2.38. The van der Waals surface area contributed by atoms with Crippen molar-refractivity contribution in [1.29, 1.82) is 0 Å². The first-order valence-corrected chi connectivity index (χ1v) is 10.1. The maximum Gasteiger partial charge on any atom is 0.235 e. The van der Waals surface area contributed by atoms with Crippen LogP contribution in [-0.4, -0.2) is 44.7 Å². The zero-order valence-corrected chi connectivity index (χ0v) is 14.8. The second-order valence-electron chi connectivity index (χ2n) is 6.67. The minimum absolute atomic E-state index is 0.239. The van der Waals surface area contributed by atoms with Crippen molar-refractivity contribution in [3.8, 4) is 0 Å². The molecule has 2 aliphatic heterocycles. The number of hydrogen-bond donors (Lipinski definition) is 2. The van der Waals surface area contributed by atoms with E-state index in [0.29, 0.717) is 5.69 Å². The summed E-state index contributed by atoms with van der Waals surface area (Å²) in [5, 5.41) is 2.93. The average molecular weight is 337 g/mol. The van der Waals surface area contributed by atoms with Crippen LogP contribution in [0.5, 0.6) is 0 Å². The minimum atomic E-state index is -3.35. The van der Waals surface area contributed by atoms with Gasteiger partial charge < -0.3 is 10.2 Å². The zero-order chi connectivity index (χ0) is 16.4. The normalized spacial score (nSPS) is 20.8. The highest BCUT2D eigenvalue weighted by Crippen LogP contribution is 2.29. The molecule has 1 saturated heterocycles. The molecule has 23 heavy (non-hydrogen) atoms. The molecule has 6 heteroatoms. The Hall–Kier alpha value is -1.27. The summed E-state index contributed by atoms with van der Waals surface area (Å²) in [6.45, 7) is 7.99. The number of hydrogen-bond acceptors (Lipinski definition) is 4. The summed E-state index contributed by atoms with van der Waals surface area (Å²) in [5.74, 6) is 0.239. The molecule has 0 aromatic heterocycles. The minimum Gasteiger partial charge on any atom is -0.384 e. The Balaban J connectivity index is 1.66. The van der Waals surface area contributed by atoms with Gasteiger partial charge in [-0.2, -0.15) is 0 Å². The lowest BCUT2D eigenvalue weighted by molar-refractivity contribution is 0.191. The molecule has 0 aliphatic carbocycles. The van der Waals surface area contributed by atoms with Crippen molar-refractivity contribution in [2.45, 2.75) is 38.4 Å². The van der Waals surface area contributed by atoms with Crippen molar-refractivity contribution in [3.05, 3.63) is 23.8 Å². The van der Waals surface area contributed by atoms with Gasteiger partial charge in [-0.1, -0.05) is 13.0 Å². The quantitative estimate of drug-likeness (QED) is 0.867. The van der Waals surface area contributed by atoms with Crippen LogP contribution in [0.15, 0.2) is 18.2 Å². The molecule has 0 spiro atoms. The summed E-state index contributed by atoms with van der Waals surface area (Å²) in [7, 11) is -3.35. The second-order valence-corrected chi connectivity index (χ2v) is 8.71. The van der Waals surface area contributed by atoms with Crippen LogP contribution in [0.1, 0.15) is 32.3 Å². The summed E-state index contributed by atoms with van der Waals surface area (Å²) in [5.41, 5.74) is 2.97.